The van der Waals surface area contributed by atoms with Crippen molar-refractivity contribution in [2.45, 2.75) is 45.6 Å². The first-order valence-corrected chi connectivity index (χ1v) is 8.12. The summed E-state index contributed by atoms with van der Waals surface area (Å²) in [5, 5.41) is 8.66. The molecule has 124 valence electrons. The molecule has 7 nitrogen and oxygen atoms in total. The van der Waals surface area contributed by atoms with Crippen molar-refractivity contribution < 1.29 is 4.79 Å². The molecule has 23 heavy (non-hydrogen) atoms. The zero-order chi connectivity index (χ0) is 16.6. The number of carbonyl (C=O) groups is 1. The first-order chi connectivity index (χ1) is 11.0. The fourth-order valence-electron chi connectivity index (χ4n) is 3.59. The molecule has 3 rings (SSSR count). The van der Waals surface area contributed by atoms with Crippen LogP contribution in [0.1, 0.15) is 48.7 Å². The Bertz CT molecular complexity index is 690. The third kappa shape index (κ3) is 2.87. The number of hydrogen-bond acceptors (Lipinski definition) is 4. The van der Waals surface area contributed by atoms with Gasteiger partial charge in [-0.3, -0.25) is 9.48 Å². The molecule has 0 saturated carbocycles. The lowest BCUT2D eigenvalue weighted by Gasteiger charge is -2.34. The summed E-state index contributed by atoms with van der Waals surface area (Å²) >= 11 is 0. The van der Waals surface area contributed by atoms with Gasteiger partial charge in [-0.05, 0) is 33.6 Å². The van der Waals surface area contributed by atoms with Gasteiger partial charge in [-0.1, -0.05) is 0 Å². The molecule has 0 unspecified atom stereocenters. The zero-order valence-electron chi connectivity index (χ0n) is 14.2. The Morgan fingerprint density at radius 2 is 2.17 bits per heavy atom. The minimum atomic E-state index is -0.168. The van der Waals surface area contributed by atoms with E-state index >= 15 is 0 Å². The van der Waals surface area contributed by atoms with Crippen molar-refractivity contribution in [3.63, 3.8) is 0 Å². The van der Waals surface area contributed by atoms with Crippen molar-refractivity contribution in [1.82, 2.24) is 29.4 Å². The van der Waals surface area contributed by atoms with Crippen LogP contribution in [-0.4, -0.2) is 48.4 Å². The van der Waals surface area contributed by atoms with Crippen LogP contribution in [-0.2, 0) is 11.8 Å². The molecule has 0 aromatic carbocycles. The van der Waals surface area contributed by atoms with E-state index in [4.69, 9.17) is 0 Å². The van der Waals surface area contributed by atoms with Crippen LogP contribution in [0.4, 0.5) is 0 Å². The Morgan fingerprint density at radius 1 is 1.39 bits per heavy atom. The Hall–Kier alpha value is -2.18. The van der Waals surface area contributed by atoms with Gasteiger partial charge >= 0.3 is 0 Å². The highest BCUT2D eigenvalue weighted by Crippen LogP contribution is 2.28. The molecule has 1 aliphatic rings. The SMILES string of the molecule is Cc1nn(C)c(C)c1[C@@H](C)C(=O)N1CCC[C@H](n2cncn2)C1. The number of rotatable bonds is 3. The molecule has 1 fully saturated rings. The van der Waals surface area contributed by atoms with Gasteiger partial charge in [0.05, 0.1) is 17.7 Å². The number of aryl methyl sites for hydroxylation is 2. The van der Waals surface area contributed by atoms with Crippen LogP contribution in [0.15, 0.2) is 12.7 Å². The summed E-state index contributed by atoms with van der Waals surface area (Å²) in [5.41, 5.74) is 3.06. The summed E-state index contributed by atoms with van der Waals surface area (Å²) in [6.07, 6.45) is 5.31. The molecular weight excluding hydrogens is 292 g/mol. The van der Waals surface area contributed by atoms with E-state index in [9.17, 15) is 4.79 Å². The van der Waals surface area contributed by atoms with Crippen molar-refractivity contribution in [2.24, 2.45) is 7.05 Å². The van der Waals surface area contributed by atoms with Gasteiger partial charge in [-0.15, -0.1) is 0 Å². The standard InChI is InChI=1S/C16H24N6O/c1-11(15-12(2)19-20(4)13(15)3)16(23)21-7-5-6-14(8-21)22-10-17-9-18-22/h9-11,14H,5-8H2,1-4H3/t11-,14+/m1/s1. The second kappa shape index (κ2) is 6.14. The van der Waals surface area contributed by atoms with E-state index in [2.05, 4.69) is 15.2 Å². The molecule has 0 spiro atoms. The summed E-state index contributed by atoms with van der Waals surface area (Å²) in [5.74, 6) is 0.00668. The van der Waals surface area contributed by atoms with Crippen LogP contribution >= 0.6 is 0 Å². The highest BCUT2D eigenvalue weighted by Gasteiger charge is 2.30. The Labute approximate surface area is 136 Å². The second-order valence-electron chi connectivity index (χ2n) is 6.39. The molecule has 3 heterocycles. The monoisotopic (exact) mass is 316 g/mol. The van der Waals surface area contributed by atoms with E-state index in [0.29, 0.717) is 6.54 Å². The molecule has 1 aliphatic heterocycles. The minimum absolute atomic E-state index is 0.168. The maximum atomic E-state index is 13.0. The van der Waals surface area contributed by atoms with Gasteiger partial charge in [0, 0.05) is 31.4 Å². The van der Waals surface area contributed by atoms with Crippen molar-refractivity contribution in [2.75, 3.05) is 13.1 Å². The number of nitrogens with zero attached hydrogens (tertiary/aromatic N) is 6. The van der Waals surface area contributed by atoms with E-state index in [1.165, 1.54) is 0 Å². The Kier molecular flexibility index (Phi) is 4.19. The van der Waals surface area contributed by atoms with Gasteiger partial charge in [0.15, 0.2) is 0 Å². The predicted molar refractivity (Wildman–Crippen MR) is 86.0 cm³/mol. The van der Waals surface area contributed by atoms with Crippen LogP contribution in [0.2, 0.25) is 0 Å². The summed E-state index contributed by atoms with van der Waals surface area (Å²) < 4.78 is 3.72. The lowest BCUT2D eigenvalue weighted by atomic mass is 9.96. The molecule has 0 aliphatic carbocycles. The smallest absolute Gasteiger partial charge is 0.230 e. The number of aromatic nitrogens is 5. The Balaban J connectivity index is 1.77. The molecule has 1 amide bonds. The number of piperidine rings is 1. The normalized spacial score (nSPS) is 19.8. The maximum Gasteiger partial charge on any atom is 0.230 e. The second-order valence-corrected chi connectivity index (χ2v) is 6.39. The zero-order valence-corrected chi connectivity index (χ0v) is 14.2. The summed E-state index contributed by atoms with van der Waals surface area (Å²) in [7, 11) is 1.92. The average molecular weight is 316 g/mol. The van der Waals surface area contributed by atoms with Gasteiger partial charge in [0.2, 0.25) is 5.91 Å². The Morgan fingerprint density at radius 3 is 2.78 bits per heavy atom. The molecule has 2 atom stereocenters. The summed E-state index contributed by atoms with van der Waals surface area (Å²) in [6, 6.07) is 0.221. The lowest BCUT2D eigenvalue weighted by molar-refractivity contribution is -0.134. The van der Waals surface area contributed by atoms with Crippen LogP contribution in [0, 0.1) is 13.8 Å². The largest absolute Gasteiger partial charge is 0.340 e. The maximum absolute atomic E-state index is 13.0. The molecule has 0 bridgehead atoms. The minimum Gasteiger partial charge on any atom is -0.340 e. The first kappa shape index (κ1) is 15.7. The van der Waals surface area contributed by atoms with Crippen molar-refractivity contribution in [1.29, 1.82) is 0 Å². The van der Waals surface area contributed by atoms with Crippen molar-refractivity contribution >= 4 is 5.91 Å². The topological polar surface area (TPSA) is 68.8 Å². The third-order valence-electron chi connectivity index (χ3n) is 4.89. The highest BCUT2D eigenvalue weighted by molar-refractivity contribution is 5.84. The molecular formula is C16H24N6O. The number of hydrogen-bond donors (Lipinski definition) is 0. The van der Waals surface area contributed by atoms with Crippen LogP contribution in [0.3, 0.4) is 0 Å². The molecule has 0 radical (unpaired) electrons. The quantitative estimate of drug-likeness (QED) is 0.862. The average Bonchev–Trinajstić information content (AvgIpc) is 3.16. The lowest BCUT2D eigenvalue weighted by Crippen LogP contribution is -2.42. The predicted octanol–water partition coefficient (Wildman–Crippen LogP) is 1.60. The van der Waals surface area contributed by atoms with Crippen LogP contribution < -0.4 is 0 Å². The van der Waals surface area contributed by atoms with Crippen molar-refractivity contribution in [3.8, 4) is 0 Å². The van der Waals surface area contributed by atoms with Gasteiger partial charge < -0.3 is 4.90 Å². The summed E-state index contributed by atoms with van der Waals surface area (Å²) in [4.78, 5) is 18.9. The van der Waals surface area contributed by atoms with Crippen LogP contribution in [0.5, 0.6) is 0 Å². The van der Waals surface area contributed by atoms with Crippen LogP contribution in [0.25, 0.3) is 0 Å². The molecule has 2 aromatic rings. The highest BCUT2D eigenvalue weighted by atomic mass is 16.2. The van der Waals surface area contributed by atoms with E-state index in [-0.39, 0.29) is 17.9 Å². The molecule has 1 saturated heterocycles. The van der Waals surface area contributed by atoms with Gasteiger partial charge in [-0.2, -0.15) is 10.2 Å². The fourth-order valence-corrected chi connectivity index (χ4v) is 3.59. The number of likely N-dealkylation sites (tertiary alicyclic amines) is 1. The third-order valence-corrected chi connectivity index (χ3v) is 4.89. The summed E-state index contributed by atoms with van der Waals surface area (Å²) in [6.45, 7) is 7.49. The van der Waals surface area contributed by atoms with Gasteiger partial charge in [-0.25, -0.2) is 9.67 Å². The van der Waals surface area contributed by atoms with Gasteiger partial charge in [0.1, 0.15) is 12.7 Å². The number of amides is 1. The van der Waals surface area contributed by atoms with E-state index < -0.39 is 0 Å². The van der Waals surface area contributed by atoms with Gasteiger partial charge in [0.25, 0.3) is 0 Å². The first-order valence-electron chi connectivity index (χ1n) is 8.12. The van der Waals surface area contributed by atoms with Crippen molar-refractivity contribution in [3.05, 3.63) is 29.6 Å². The molecule has 0 N–H and O–H groups in total. The molecule has 2 aromatic heterocycles. The van der Waals surface area contributed by atoms with E-state index in [1.54, 1.807) is 12.7 Å². The molecule has 7 heteroatoms. The number of carbonyl (C=O) groups excluding carboxylic acids is 1. The van der Waals surface area contributed by atoms with E-state index in [0.717, 1.165) is 36.3 Å². The van der Waals surface area contributed by atoms with E-state index in [1.807, 2.05) is 42.1 Å². The fraction of sp³-hybridized carbons (Fsp3) is 0.625.